The van der Waals surface area contributed by atoms with Crippen LogP contribution in [-0.4, -0.2) is 15.5 Å². The maximum atomic E-state index is 12.6. The highest BCUT2D eigenvalue weighted by atomic mass is 32.2. The molecular formula is C16H25NOS. The molecule has 0 saturated heterocycles. The molecule has 0 radical (unpaired) electrons. The molecule has 1 aromatic rings. The van der Waals surface area contributed by atoms with Gasteiger partial charge < -0.3 is 5.73 Å². The van der Waals surface area contributed by atoms with Crippen LogP contribution in [0.5, 0.6) is 0 Å². The van der Waals surface area contributed by atoms with Crippen molar-refractivity contribution in [1.29, 1.82) is 0 Å². The molecule has 0 spiro atoms. The van der Waals surface area contributed by atoms with E-state index in [0.29, 0.717) is 0 Å². The summed E-state index contributed by atoms with van der Waals surface area (Å²) in [5.41, 5.74) is 7.54. The van der Waals surface area contributed by atoms with Crippen LogP contribution in [0, 0.1) is 0 Å². The lowest BCUT2D eigenvalue weighted by Gasteiger charge is -2.28. The van der Waals surface area contributed by atoms with Crippen LogP contribution in [0.15, 0.2) is 29.2 Å². The van der Waals surface area contributed by atoms with Crippen molar-refractivity contribution in [3.63, 3.8) is 0 Å². The number of rotatable bonds is 2. The Bertz CT molecular complexity index is 447. The molecule has 0 bridgehead atoms. The predicted octanol–water partition coefficient (Wildman–Crippen LogP) is 3.36. The predicted molar refractivity (Wildman–Crippen MR) is 81.8 cm³/mol. The number of hydrogen-bond donors (Lipinski definition) is 1. The Kier molecular flexibility index (Phi) is 4.46. The van der Waals surface area contributed by atoms with Gasteiger partial charge in [0.15, 0.2) is 0 Å². The highest BCUT2D eigenvalue weighted by molar-refractivity contribution is 7.85. The van der Waals surface area contributed by atoms with E-state index in [1.165, 1.54) is 12.0 Å². The summed E-state index contributed by atoms with van der Waals surface area (Å²) in [4.78, 5) is 0.926. The Morgan fingerprint density at radius 1 is 1.11 bits per heavy atom. The monoisotopic (exact) mass is 279 g/mol. The molecule has 3 heteroatoms. The van der Waals surface area contributed by atoms with Crippen LogP contribution >= 0.6 is 0 Å². The molecule has 1 aliphatic rings. The molecule has 1 aliphatic carbocycles. The molecule has 1 aromatic carbocycles. The summed E-state index contributed by atoms with van der Waals surface area (Å²) < 4.78 is 12.6. The fourth-order valence-corrected chi connectivity index (χ4v) is 4.24. The fraction of sp³-hybridized carbons (Fsp3) is 0.625. The topological polar surface area (TPSA) is 43.1 Å². The first kappa shape index (κ1) is 14.7. The summed E-state index contributed by atoms with van der Waals surface area (Å²) in [5.74, 6) is 0. The van der Waals surface area contributed by atoms with E-state index in [4.69, 9.17) is 5.73 Å². The lowest BCUT2D eigenvalue weighted by atomic mass is 9.87. The zero-order valence-electron chi connectivity index (χ0n) is 12.2. The van der Waals surface area contributed by atoms with Gasteiger partial charge in [-0.15, -0.1) is 0 Å². The molecule has 2 rings (SSSR count). The van der Waals surface area contributed by atoms with Gasteiger partial charge in [-0.25, -0.2) is 0 Å². The summed E-state index contributed by atoms with van der Waals surface area (Å²) in [6, 6.07) is 8.32. The largest absolute Gasteiger partial charge is 0.327 e. The van der Waals surface area contributed by atoms with Gasteiger partial charge in [0.1, 0.15) is 0 Å². The first-order valence-electron chi connectivity index (χ1n) is 7.16. The third kappa shape index (κ3) is 3.46. The SMILES string of the molecule is CC(C)(C)c1ccc(S(=O)C2CCCCC2N)cc1. The smallest absolute Gasteiger partial charge is 0.0576 e. The minimum Gasteiger partial charge on any atom is -0.327 e. The first-order chi connectivity index (χ1) is 8.89. The van der Waals surface area contributed by atoms with Crippen molar-refractivity contribution in [3.05, 3.63) is 29.8 Å². The molecule has 106 valence electrons. The summed E-state index contributed by atoms with van der Waals surface area (Å²) in [6.07, 6.45) is 4.34. The average Bonchev–Trinajstić information content (AvgIpc) is 2.38. The normalized spacial score (nSPS) is 26.1. The first-order valence-corrected chi connectivity index (χ1v) is 8.37. The molecule has 0 amide bonds. The van der Waals surface area contributed by atoms with Crippen molar-refractivity contribution < 1.29 is 4.21 Å². The summed E-state index contributed by atoms with van der Waals surface area (Å²) in [5, 5.41) is 0.134. The van der Waals surface area contributed by atoms with E-state index in [9.17, 15) is 4.21 Å². The van der Waals surface area contributed by atoms with Crippen LogP contribution in [0.1, 0.15) is 52.0 Å². The van der Waals surface area contributed by atoms with Gasteiger partial charge in [-0.2, -0.15) is 0 Å². The lowest BCUT2D eigenvalue weighted by molar-refractivity contribution is 0.445. The summed E-state index contributed by atoms with van der Waals surface area (Å²) in [7, 11) is -0.960. The fourth-order valence-electron chi connectivity index (χ4n) is 2.66. The van der Waals surface area contributed by atoms with Crippen molar-refractivity contribution in [1.82, 2.24) is 0 Å². The van der Waals surface area contributed by atoms with Gasteiger partial charge in [0.25, 0.3) is 0 Å². The summed E-state index contributed by atoms with van der Waals surface area (Å²) >= 11 is 0. The zero-order valence-corrected chi connectivity index (χ0v) is 13.0. The van der Waals surface area contributed by atoms with Crippen molar-refractivity contribution in [2.75, 3.05) is 0 Å². The van der Waals surface area contributed by atoms with Gasteiger partial charge in [0.05, 0.1) is 16.0 Å². The maximum Gasteiger partial charge on any atom is 0.0576 e. The molecule has 19 heavy (non-hydrogen) atoms. The van der Waals surface area contributed by atoms with E-state index in [1.807, 2.05) is 12.1 Å². The second-order valence-electron chi connectivity index (χ2n) is 6.56. The Labute approximate surface area is 119 Å². The van der Waals surface area contributed by atoms with Gasteiger partial charge in [-0.3, -0.25) is 4.21 Å². The van der Waals surface area contributed by atoms with E-state index in [1.54, 1.807) is 0 Å². The zero-order chi connectivity index (χ0) is 14.0. The third-order valence-electron chi connectivity index (χ3n) is 3.98. The lowest BCUT2D eigenvalue weighted by Crippen LogP contribution is -2.40. The second-order valence-corrected chi connectivity index (χ2v) is 8.23. The Morgan fingerprint density at radius 3 is 2.21 bits per heavy atom. The van der Waals surface area contributed by atoms with Gasteiger partial charge in [0, 0.05) is 10.9 Å². The summed E-state index contributed by atoms with van der Waals surface area (Å²) in [6.45, 7) is 6.57. The average molecular weight is 279 g/mol. The molecular weight excluding hydrogens is 254 g/mol. The molecule has 3 unspecified atom stereocenters. The van der Waals surface area contributed by atoms with Crippen LogP contribution in [0.3, 0.4) is 0 Å². The van der Waals surface area contributed by atoms with Crippen molar-refractivity contribution >= 4 is 10.8 Å². The van der Waals surface area contributed by atoms with Gasteiger partial charge in [0.2, 0.25) is 0 Å². The highest BCUT2D eigenvalue weighted by Crippen LogP contribution is 2.27. The molecule has 0 aromatic heterocycles. The molecule has 0 aliphatic heterocycles. The van der Waals surface area contributed by atoms with Crippen LogP contribution < -0.4 is 5.73 Å². The Morgan fingerprint density at radius 2 is 1.68 bits per heavy atom. The van der Waals surface area contributed by atoms with E-state index in [0.717, 1.165) is 24.2 Å². The quantitative estimate of drug-likeness (QED) is 0.902. The number of benzene rings is 1. The van der Waals surface area contributed by atoms with E-state index < -0.39 is 10.8 Å². The molecule has 0 heterocycles. The van der Waals surface area contributed by atoms with Gasteiger partial charge >= 0.3 is 0 Å². The van der Waals surface area contributed by atoms with E-state index in [2.05, 4.69) is 32.9 Å². The minimum atomic E-state index is -0.960. The third-order valence-corrected chi connectivity index (χ3v) is 5.85. The van der Waals surface area contributed by atoms with Crippen LogP contribution in [-0.2, 0) is 16.2 Å². The molecule has 1 saturated carbocycles. The molecule has 2 N–H and O–H groups in total. The Hall–Kier alpha value is -0.670. The maximum absolute atomic E-state index is 12.6. The number of hydrogen-bond acceptors (Lipinski definition) is 2. The van der Waals surface area contributed by atoms with E-state index >= 15 is 0 Å². The minimum absolute atomic E-state index is 0.0943. The Balaban J connectivity index is 2.15. The second kappa shape index (κ2) is 5.76. The highest BCUT2D eigenvalue weighted by Gasteiger charge is 2.28. The molecule has 1 fully saturated rings. The molecule has 3 atom stereocenters. The van der Waals surface area contributed by atoms with Crippen LogP contribution in [0.4, 0.5) is 0 Å². The van der Waals surface area contributed by atoms with E-state index in [-0.39, 0.29) is 16.7 Å². The van der Waals surface area contributed by atoms with Crippen LogP contribution in [0.25, 0.3) is 0 Å². The van der Waals surface area contributed by atoms with Crippen molar-refractivity contribution in [3.8, 4) is 0 Å². The number of nitrogens with two attached hydrogens (primary N) is 1. The van der Waals surface area contributed by atoms with Gasteiger partial charge in [-0.05, 0) is 36.0 Å². The van der Waals surface area contributed by atoms with Crippen molar-refractivity contribution in [2.45, 2.75) is 68.1 Å². The van der Waals surface area contributed by atoms with Crippen LogP contribution in [0.2, 0.25) is 0 Å². The van der Waals surface area contributed by atoms with Gasteiger partial charge in [-0.1, -0.05) is 45.7 Å². The molecule has 2 nitrogen and oxygen atoms in total. The van der Waals surface area contributed by atoms with Crippen molar-refractivity contribution in [2.24, 2.45) is 5.73 Å². The standard InChI is InChI=1S/C16H25NOS/c1-16(2,3)12-8-10-13(11-9-12)19(18)15-7-5-4-6-14(15)17/h8-11,14-15H,4-7,17H2,1-3H3.